The maximum Gasteiger partial charge on any atom is 0.228 e. The summed E-state index contributed by atoms with van der Waals surface area (Å²) in [6, 6.07) is 6.67. The molecule has 1 unspecified atom stereocenters. The summed E-state index contributed by atoms with van der Waals surface area (Å²) >= 11 is 0. The van der Waals surface area contributed by atoms with E-state index < -0.39 is 0 Å². The van der Waals surface area contributed by atoms with Gasteiger partial charge in [0.15, 0.2) is 0 Å². The van der Waals surface area contributed by atoms with Gasteiger partial charge in [-0.2, -0.15) is 0 Å². The molecule has 2 aromatic rings. The van der Waals surface area contributed by atoms with E-state index in [9.17, 15) is 4.79 Å². The van der Waals surface area contributed by atoms with E-state index >= 15 is 0 Å². The minimum Gasteiger partial charge on any atom is -0.381 e. The Balaban J connectivity index is 1.42. The van der Waals surface area contributed by atoms with Gasteiger partial charge in [-0.3, -0.25) is 9.69 Å². The summed E-state index contributed by atoms with van der Waals surface area (Å²) in [6.07, 6.45) is 5.32. The molecule has 1 atom stereocenters. The fourth-order valence-corrected chi connectivity index (χ4v) is 4.68. The molecule has 0 spiro atoms. The zero-order valence-corrected chi connectivity index (χ0v) is 17.1. The summed E-state index contributed by atoms with van der Waals surface area (Å²) in [5.41, 5.74) is 2.94. The molecule has 6 heteroatoms. The number of nitrogens with one attached hydrogen (secondary N) is 1. The molecular weight excluding hydrogens is 352 g/mol. The standard InChI is InChI=1S/C22H32N4O2/c1-3-10-26-16(2)23-20-14-18(6-7-21(20)26)24-22(27)17-5-4-11-25(15-17)19-8-12-28-13-9-19/h6-7,14,17,19H,3-5,8-13,15H2,1-2H3,(H,24,27). The van der Waals surface area contributed by atoms with Gasteiger partial charge in [0.05, 0.1) is 17.0 Å². The van der Waals surface area contributed by atoms with Gasteiger partial charge >= 0.3 is 0 Å². The third-order valence-corrected chi connectivity index (χ3v) is 6.18. The highest BCUT2D eigenvalue weighted by Gasteiger charge is 2.30. The first-order valence-corrected chi connectivity index (χ1v) is 10.7. The zero-order chi connectivity index (χ0) is 19.5. The summed E-state index contributed by atoms with van der Waals surface area (Å²) in [5, 5.41) is 3.15. The van der Waals surface area contributed by atoms with E-state index in [1.54, 1.807) is 0 Å². The van der Waals surface area contributed by atoms with Crippen LogP contribution in [0.5, 0.6) is 0 Å². The van der Waals surface area contributed by atoms with Crippen LogP contribution in [0.2, 0.25) is 0 Å². The molecule has 1 aromatic heterocycles. The number of rotatable bonds is 5. The molecule has 2 aliphatic rings. The Morgan fingerprint density at radius 1 is 1.29 bits per heavy atom. The van der Waals surface area contributed by atoms with Crippen molar-refractivity contribution in [2.24, 2.45) is 5.92 Å². The molecule has 0 saturated carbocycles. The minimum atomic E-state index is 0.0617. The number of piperidine rings is 1. The Labute approximate surface area is 167 Å². The molecule has 0 bridgehead atoms. The van der Waals surface area contributed by atoms with Crippen LogP contribution in [-0.2, 0) is 16.1 Å². The largest absolute Gasteiger partial charge is 0.381 e. The molecule has 3 heterocycles. The number of carbonyl (C=O) groups excluding carboxylic acids is 1. The molecule has 0 radical (unpaired) electrons. The van der Waals surface area contributed by atoms with Gasteiger partial charge in [-0.05, 0) is 63.8 Å². The maximum atomic E-state index is 12.9. The second-order valence-corrected chi connectivity index (χ2v) is 8.18. The molecular formula is C22H32N4O2. The van der Waals surface area contributed by atoms with Gasteiger partial charge in [0.2, 0.25) is 5.91 Å². The lowest BCUT2D eigenvalue weighted by Gasteiger charge is -2.39. The number of likely N-dealkylation sites (tertiary alicyclic amines) is 1. The summed E-state index contributed by atoms with van der Waals surface area (Å²) in [6.45, 7) is 8.86. The predicted molar refractivity (Wildman–Crippen MR) is 112 cm³/mol. The van der Waals surface area contributed by atoms with Crippen molar-refractivity contribution in [2.75, 3.05) is 31.6 Å². The van der Waals surface area contributed by atoms with Crippen LogP contribution in [0.3, 0.4) is 0 Å². The molecule has 152 valence electrons. The Hall–Kier alpha value is -1.92. The lowest BCUT2D eigenvalue weighted by Crippen LogP contribution is -2.47. The van der Waals surface area contributed by atoms with Gasteiger partial charge in [0.1, 0.15) is 5.82 Å². The summed E-state index contributed by atoms with van der Waals surface area (Å²) < 4.78 is 7.73. The van der Waals surface area contributed by atoms with Crippen LogP contribution >= 0.6 is 0 Å². The normalized spacial score (nSPS) is 21.9. The number of amides is 1. The number of carbonyl (C=O) groups is 1. The van der Waals surface area contributed by atoms with Gasteiger partial charge < -0.3 is 14.6 Å². The number of nitrogens with zero attached hydrogens (tertiary/aromatic N) is 3. The lowest BCUT2D eigenvalue weighted by molar-refractivity contribution is -0.122. The first kappa shape index (κ1) is 19.4. The number of imidazole rings is 1. The Bertz CT molecular complexity index is 825. The Morgan fingerprint density at radius 2 is 2.11 bits per heavy atom. The van der Waals surface area contributed by atoms with Crippen LogP contribution in [-0.4, -0.2) is 52.7 Å². The molecule has 1 aromatic carbocycles. The molecule has 2 aliphatic heterocycles. The monoisotopic (exact) mass is 384 g/mol. The van der Waals surface area contributed by atoms with Crippen molar-refractivity contribution in [1.82, 2.24) is 14.5 Å². The van der Waals surface area contributed by atoms with Crippen molar-refractivity contribution >= 4 is 22.6 Å². The Kier molecular flexibility index (Phi) is 5.97. The number of anilines is 1. The van der Waals surface area contributed by atoms with E-state index in [4.69, 9.17) is 4.74 Å². The topological polar surface area (TPSA) is 59.4 Å². The van der Waals surface area contributed by atoms with Crippen molar-refractivity contribution < 1.29 is 9.53 Å². The van der Waals surface area contributed by atoms with Gasteiger partial charge in [0.25, 0.3) is 0 Å². The first-order chi connectivity index (χ1) is 13.7. The number of hydrogen-bond donors (Lipinski definition) is 1. The average Bonchev–Trinajstić information content (AvgIpc) is 3.03. The summed E-state index contributed by atoms with van der Waals surface area (Å²) in [4.78, 5) is 20.1. The van der Waals surface area contributed by atoms with Crippen molar-refractivity contribution in [3.8, 4) is 0 Å². The van der Waals surface area contributed by atoms with Gasteiger partial charge in [-0.1, -0.05) is 6.92 Å². The van der Waals surface area contributed by atoms with E-state index in [2.05, 4.69) is 32.8 Å². The SMILES string of the molecule is CCCn1c(C)nc2cc(NC(=O)C3CCCN(C4CCOCC4)C3)ccc21. The highest BCUT2D eigenvalue weighted by Crippen LogP contribution is 2.25. The molecule has 2 fully saturated rings. The molecule has 1 amide bonds. The first-order valence-electron chi connectivity index (χ1n) is 10.7. The predicted octanol–water partition coefficient (Wildman–Crippen LogP) is 3.58. The molecule has 28 heavy (non-hydrogen) atoms. The summed E-state index contributed by atoms with van der Waals surface area (Å²) in [5.74, 6) is 1.23. The molecule has 1 N–H and O–H groups in total. The Morgan fingerprint density at radius 3 is 2.89 bits per heavy atom. The second kappa shape index (κ2) is 8.62. The lowest BCUT2D eigenvalue weighted by atomic mass is 9.94. The van der Waals surface area contributed by atoms with E-state index in [-0.39, 0.29) is 11.8 Å². The minimum absolute atomic E-state index is 0.0617. The van der Waals surface area contributed by atoms with Gasteiger partial charge in [-0.25, -0.2) is 4.98 Å². The van der Waals surface area contributed by atoms with Crippen molar-refractivity contribution in [3.05, 3.63) is 24.0 Å². The van der Waals surface area contributed by atoms with E-state index in [1.165, 1.54) is 0 Å². The van der Waals surface area contributed by atoms with E-state index in [1.807, 2.05) is 19.1 Å². The van der Waals surface area contributed by atoms with Crippen LogP contribution in [0.15, 0.2) is 18.2 Å². The summed E-state index contributed by atoms with van der Waals surface area (Å²) in [7, 11) is 0. The van der Waals surface area contributed by atoms with Crippen molar-refractivity contribution in [3.63, 3.8) is 0 Å². The smallest absolute Gasteiger partial charge is 0.228 e. The van der Waals surface area contributed by atoms with Crippen LogP contribution in [0.25, 0.3) is 11.0 Å². The zero-order valence-electron chi connectivity index (χ0n) is 17.1. The quantitative estimate of drug-likeness (QED) is 0.856. The highest BCUT2D eigenvalue weighted by molar-refractivity contribution is 5.94. The maximum absolute atomic E-state index is 12.9. The average molecular weight is 385 g/mol. The van der Waals surface area contributed by atoms with Crippen molar-refractivity contribution in [2.45, 2.75) is 58.5 Å². The van der Waals surface area contributed by atoms with E-state index in [0.29, 0.717) is 6.04 Å². The molecule has 2 saturated heterocycles. The second-order valence-electron chi connectivity index (χ2n) is 8.18. The number of fused-ring (bicyclic) bond motifs is 1. The van der Waals surface area contributed by atoms with E-state index in [0.717, 1.165) is 87.5 Å². The van der Waals surface area contributed by atoms with Crippen LogP contribution in [0, 0.1) is 12.8 Å². The van der Waals surface area contributed by atoms with Crippen molar-refractivity contribution in [1.29, 1.82) is 0 Å². The third kappa shape index (κ3) is 4.08. The highest BCUT2D eigenvalue weighted by atomic mass is 16.5. The van der Waals surface area contributed by atoms with Crippen LogP contribution in [0.1, 0.15) is 44.9 Å². The van der Waals surface area contributed by atoms with Crippen LogP contribution in [0.4, 0.5) is 5.69 Å². The van der Waals surface area contributed by atoms with Gasteiger partial charge in [0, 0.05) is 38.0 Å². The number of ether oxygens (including phenoxy) is 1. The molecule has 4 rings (SSSR count). The number of hydrogen-bond acceptors (Lipinski definition) is 4. The number of aryl methyl sites for hydroxylation is 2. The fraction of sp³-hybridized carbons (Fsp3) is 0.636. The molecule has 6 nitrogen and oxygen atoms in total. The fourth-order valence-electron chi connectivity index (χ4n) is 4.68. The third-order valence-electron chi connectivity index (χ3n) is 6.18. The van der Waals surface area contributed by atoms with Gasteiger partial charge in [-0.15, -0.1) is 0 Å². The number of benzene rings is 1. The number of aromatic nitrogens is 2. The van der Waals surface area contributed by atoms with Crippen LogP contribution < -0.4 is 5.32 Å². The molecule has 0 aliphatic carbocycles.